The molecule has 0 amide bonds. The lowest BCUT2D eigenvalue weighted by atomic mass is 10.1. The fraction of sp³-hybridized carbons (Fsp3) is 0.167. The minimum atomic E-state index is 0.487. The second kappa shape index (κ2) is 8.53. The molecule has 0 N–H and O–H groups in total. The topological polar surface area (TPSA) is 44.2 Å². The van der Waals surface area contributed by atoms with Crippen LogP contribution in [0, 0.1) is 0 Å². The van der Waals surface area contributed by atoms with Crippen molar-refractivity contribution >= 4 is 10.8 Å². The zero-order valence-corrected chi connectivity index (χ0v) is 15.8. The molecule has 140 valence electrons. The summed E-state index contributed by atoms with van der Waals surface area (Å²) in [7, 11) is 0. The third-order valence-corrected chi connectivity index (χ3v) is 4.49. The first-order valence-corrected chi connectivity index (χ1v) is 9.56. The molecule has 28 heavy (non-hydrogen) atoms. The van der Waals surface area contributed by atoms with E-state index in [2.05, 4.69) is 17.1 Å². The molecule has 0 bridgehead atoms. The van der Waals surface area contributed by atoms with E-state index in [1.54, 1.807) is 0 Å². The summed E-state index contributed by atoms with van der Waals surface area (Å²) in [5, 5.41) is 10.8. The molecule has 0 saturated heterocycles. The van der Waals surface area contributed by atoms with Crippen LogP contribution in [0.2, 0.25) is 0 Å². The maximum absolute atomic E-state index is 6.08. The van der Waals surface area contributed by atoms with Crippen LogP contribution in [0.15, 0.2) is 78.9 Å². The number of rotatable bonds is 7. The first-order chi connectivity index (χ1) is 13.8. The Morgan fingerprint density at radius 2 is 1.50 bits per heavy atom. The lowest BCUT2D eigenvalue weighted by Gasteiger charge is -2.11. The van der Waals surface area contributed by atoms with Crippen molar-refractivity contribution in [3.8, 4) is 28.6 Å². The lowest BCUT2D eigenvalue weighted by Crippen LogP contribution is -1.98. The molecule has 0 atom stereocenters. The van der Waals surface area contributed by atoms with E-state index in [-0.39, 0.29) is 0 Å². The van der Waals surface area contributed by atoms with Crippen molar-refractivity contribution in [1.29, 1.82) is 0 Å². The number of nitrogens with zero attached hydrogens (tertiary/aromatic N) is 2. The summed E-state index contributed by atoms with van der Waals surface area (Å²) in [4.78, 5) is 0. The number of benzene rings is 3. The minimum Gasteiger partial charge on any atom is -0.493 e. The van der Waals surface area contributed by atoms with E-state index in [1.807, 2.05) is 78.9 Å². The Bertz CT molecular complexity index is 1060. The van der Waals surface area contributed by atoms with Gasteiger partial charge in [-0.1, -0.05) is 67.9 Å². The van der Waals surface area contributed by atoms with Crippen molar-refractivity contribution < 1.29 is 9.47 Å². The van der Waals surface area contributed by atoms with Gasteiger partial charge in [-0.3, -0.25) is 0 Å². The van der Waals surface area contributed by atoms with Gasteiger partial charge in [0.15, 0.2) is 0 Å². The molecule has 0 aliphatic carbocycles. The smallest absolute Gasteiger partial charge is 0.246 e. The van der Waals surface area contributed by atoms with Gasteiger partial charge in [-0.05, 0) is 24.6 Å². The normalized spacial score (nSPS) is 10.8. The standard InChI is InChI=1S/C24H22N2O2/c1-2-3-16-27-19-12-9-13-20(17-19)28-24-22-15-8-7-14-21(22)23(25-26-24)18-10-5-4-6-11-18/h4-15,17H,2-3,16H2,1H3. The molecule has 0 fully saturated rings. The average molecular weight is 370 g/mol. The molecular weight excluding hydrogens is 348 g/mol. The van der Waals surface area contributed by atoms with Gasteiger partial charge in [0.1, 0.15) is 17.2 Å². The zero-order valence-electron chi connectivity index (χ0n) is 15.8. The van der Waals surface area contributed by atoms with Gasteiger partial charge in [0.2, 0.25) is 5.88 Å². The van der Waals surface area contributed by atoms with Gasteiger partial charge in [-0.2, -0.15) is 0 Å². The summed E-state index contributed by atoms with van der Waals surface area (Å²) < 4.78 is 11.8. The van der Waals surface area contributed by atoms with Gasteiger partial charge >= 0.3 is 0 Å². The van der Waals surface area contributed by atoms with Crippen LogP contribution in [0.3, 0.4) is 0 Å². The van der Waals surface area contributed by atoms with E-state index in [0.717, 1.165) is 40.6 Å². The Labute approximate surface area is 164 Å². The second-order valence-electron chi connectivity index (χ2n) is 6.54. The van der Waals surface area contributed by atoms with E-state index in [9.17, 15) is 0 Å². The monoisotopic (exact) mass is 370 g/mol. The minimum absolute atomic E-state index is 0.487. The number of aromatic nitrogens is 2. The van der Waals surface area contributed by atoms with E-state index < -0.39 is 0 Å². The number of unbranched alkanes of at least 4 members (excludes halogenated alkanes) is 1. The molecule has 1 aromatic heterocycles. The first kappa shape index (κ1) is 18.0. The summed E-state index contributed by atoms with van der Waals surface area (Å²) in [5.74, 6) is 1.96. The quantitative estimate of drug-likeness (QED) is 0.360. The maximum Gasteiger partial charge on any atom is 0.246 e. The molecule has 0 spiro atoms. The average Bonchev–Trinajstić information content (AvgIpc) is 2.75. The summed E-state index contributed by atoms with van der Waals surface area (Å²) in [6.07, 6.45) is 2.13. The summed E-state index contributed by atoms with van der Waals surface area (Å²) in [6.45, 7) is 2.85. The van der Waals surface area contributed by atoms with Gasteiger partial charge in [0.25, 0.3) is 0 Å². The second-order valence-corrected chi connectivity index (χ2v) is 6.54. The summed E-state index contributed by atoms with van der Waals surface area (Å²) in [6, 6.07) is 25.7. The van der Waals surface area contributed by atoms with Crippen LogP contribution in [0.25, 0.3) is 22.0 Å². The Kier molecular flexibility index (Phi) is 5.48. The third kappa shape index (κ3) is 3.96. The van der Waals surface area contributed by atoms with Gasteiger partial charge in [0.05, 0.1) is 6.61 Å². The summed E-state index contributed by atoms with van der Waals surface area (Å²) >= 11 is 0. The molecule has 1 heterocycles. The van der Waals surface area contributed by atoms with E-state index >= 15 is 0 Å². The van der Waals surface area contributed by atoms with Gasteiger partial charge in [0, 0.05) is 22.4 Å². The highest BCUT2D eigenvalue weighted by molar-refractivity contribution is 5.97. The van der Waals surface area contributed by atoms with Crippen LogP contribution >= 0.6 is 0 Å². The number of ether oxygens (including phenoxy) is 2. The fourth-order valence-electron chi connectivity index (χ4n) is 3.04. The van der Waals surface area contributed by atoms with Crippen molar-refractivity contribution in [1.82, 2.24) is 10.2 Å². The van der Waals surface area contributed by atoms with Crippen molar-refractivity contribution in [2.75, 3.05) is 6.61 Å². The number of fused-ring (bicyclic) bond motifs is 1. The molecule has 0 unspecified atom stereocenters. The Morgan fingerprint density at radius 1 is 0.750 bits per heavy atom. The number of hydrogen-bond donors (Lipinski definition) is 0. The van der Waals surface area contributed by atoms with Gasteiger partial charge < -0.3 is 9.47 Å². The van der Waals surface area contributed by atoms with Crippen LogP contribution in [-0.2, 0) is 0 Å². The Balaban J connectivity index is 1.66. The molecular formula is C24H22N2O2. The molecule has 4 heteroatoms. The zero-order chi connectivity index (χ0) is 19.2. The summed E-state index contributed by atoms with van der Waals surface area (Å²) in [5.41, 5.74) is 1.88. The van der Waals surface area contributed by atoms with Crippen molar-refractivity contribution in [3.63, 3.8) is 0 Å². The molecule has 3 aromatic carbocycles. The van der Waals surface area contributed by atoms with Gasteiger partial charge in [-0.15, -0.1) is 10.2 Å². The van der Waals surface area contributed by atoms with Crippen LogP contribution in [0.4, 0.5) is 0 Å². The highest BCUT2D eigenvalue weighted by Crippen LogP contribution is 2.33. The van der Waals surface area contributed by atoms with Crippen molar-refractivity contribution in [3.05, 3.63) is 78.9 Å². The lowest BCUT2D eigenvalue weighted by molar-refractivity contribution is 0.308. The van der Waals surface area contributed by atoms with Gasteiger partial charge in [-0.25, -0.2) is 0 Å². The third-order valence-electron chi connectivity index (χ3n) is 4.49. The van der Waals surface area contributed by atoms with Crippen molar-refractivity contribution in [2.45, 2.75) is 19.8 Å². The SMILES string of the molecule is CCCCOc1cccc(Oc2nnc(-c3ccccc3)c3ccccc23)c1. The molecule has 4 aromatic rings. The van der Waals surface area contributed by atoms with Crippen LogP contribution in [-0.4, -0.2) is 16.8 Å². The van der Waals surface area contributed by atoms with Crippen LogP contribution in [0.5, 0.6) is 17.4 Å². The van der Waals surface area contributed by atoms with E-state index in [4.69, 9.17) is 9.47 Å². The largest absolute Gasteiger partial charge is 0.493 e. The highest BCUT2D eigenvalue weighted by atomic mass is 16.5. The fourth-order valence-corrected chi connectivity index (χ4v) is 3.04. The predicted molar refractivity (Wildman–Crippen MR) is 112 cm³/mol. The predicted octanol–water partition coefficient (Wildman–Crippen LogP) is 6.27. The Hall–Kier alpha value is -3.40. The van der Waals surface area contributed by atoms with Crippen LogP contribution in [0.1, 0.15) is 19.8 Å². The molecule has 0 aliphatic heterocycles. The van der Waals surface area contributed by atoms with E-state index in [0.29, 0.717) is 18.2 Å². The molecule has 0 aliphatic rings. The van der Waals surface area contributed by atoms with Crippen LogP contribution < -0.4 is 9.47 Å². The number of hydrogen-bond acceptors (Lipinski definition) is 4. The molecule has 4 nitrogen and oxygen atoms in total. The first-order valence-electron chi connectivity index (χ1n) is 9.56. The Morgan fingerprint density at radius 3 is 2.32 bits per heavy atom. The molecule has 4 rings (SSSR count). The highest BCUT2D eigenvalue weighted by Gasteiger charge is 2.12. The molecule has 0 saturated carbocycles. The van der Waals surface area contributed by atoms with E-state index in [1.165, 1.54) is 0 Å². The van der Waals surface area contributed by atoms with Crippen molar-refractivity contribution in [2.24, 2.45) is 0 Å². The maximum atomic E-state index is 6.08. The molecule has 0 radical (unpaired) electrons.